The van der Waals surface area contributed by atoms with Crippen LogP contribution in [0.1, 0.15) is 16.1 Å². The summed E-state index contributed by atoms with van der Waals surface area (Å²) in [6.07, 6.45) is 0. The SMILES string of the molecule is COc1cc(C(=O)Nc2cc(-c3cccs3)[nH]n2)ccc1OCc1cscn1. The molecule has 0 aliphatic carbocycles. The first-order valence-corrected chi connectivity index (χ1v) is 10.1. The number of aromatic nitrogens is 3. The summed E-state index contributed by atoms with van der Waals surface area (Å²) in [5, 5.41) is 13.8. The Morgan fingerprint density at radius 2 is 2.18 bits per heavy atom. The second-order valence-corrected chi connectivity index (χ2v) is 7.40. The molecule has 2 N–H and O–H groups in total. The molecule has 28 heavy (non-hydrogen) atoms. The van der Waals surface area contributed by atoms with E-state index < -0.39 is 0 Å². The molecule has 0 atom stereocenters. The number of carbonyl (C=O) groups excluding carboxylic acids is 1. The highest BCUT2D eigenvalue weighted by atomic mass is 32.1. The quantitative estimate of drug-likeness (QED) is 0.469. The Kier molecular flexibility index (Phi) is 5.36. The van der Waals surface area contributed by atoms with Gasteiger partial charge < -0.3 is 14.8 Å². The maximum atomic E-state index is 12.6. The highest BCUT2D eigenvalue weighted by molar-refractivity contribution is 7.13. The van der Waals surface area contributed by atoms with Crippen molar-refractivity contribution in [1.29, 1.82) is 0 Å². The van der Waals surface area contributed by atoms with Crippen LogP contribution in [0.25, 0.3) is 10.6 Å². The van der Waals surface area contributed by atoms with E-state index in [-0.39, 0.29) is 5.91 Å². The molecule has 9 heteroatoms. The van der Waals surface area contributed by atoms with Crippen LogP contribution < -0.4 is 14.8 Å². The van der Waals surface area contributed by atoms with Gasteiger partial charge in [-0.2, -0.15) is 5.10 Å². The van der Waals surface area contributed by atoms with E-state index in [1.165, 1.54) is 18.4 Å². The van der Waals surface area contributed by atoms with Gasteiger partial charge in [-0.25, -0.2) is 4.98 Å². The van der Waals surface area contributed by atoms with Gasteiger partial charge in [0.1, 0.15) is 6.61 Å². The van der Waals surface area contributed by atoms with E-state index in [1.807, 2.05) is 22.9 Å². The zero-order valence-electron chi connectivity index (χ0n) is 14.8. The number of nitrogens with zero attached hydrogens (tertiary/aromatic N) is 2. The van der Waals surface area contributed by atoms with Crippen LogP contribution in [-0.2, 0) is 6.61 Å². The Morgan fingerprint density at radius 3 is 2.93 bits per heavy atom. The molecule has 0 saturated carbocycles. The average molecular weight is 412 g/mol. The topological polar surface area (TPSA) is 89.1 Å². The summed E-state index contributed by atoms with van der Waals surface area (Å²) in [6.45, 7) is 0.337. The first-order chi connectivity index (χ1) is 13.7. The third kappa shape index (κ3) is 4.05. The number of anilines is 1. The summed E-state index contributed by atoms with van der Waals surface area (Å²) in [4.78, 5) is 17.8. The Hall–Kier alpha value is -3.17. The predicted octanol–water partition coefficient (Wildman–Crippen LogP) is 4.43. The number of H-pyrrole nitrogens is 1. The number of nitrogens with one attached hydrogen (secondary N) is 2. The molecule has 3 aromatic heterocycles. The van der Waals surface area contributed by atoms with Gasteiger partial charge in [-0.05, 0) is 29.6 Å². The highest BCUT2D eigenvalue weighted by Crippen LogP contribution is 2.29. The number of carbonyl (C=O) groups is 1. The third-order valence-corrected chi connectivity index (χ3v) is 5.43. The second kappa shape index (κ2) is 8.24. The molecular weight excluding hydrogens is 396 g/mol. The molecule has 0 saturated heterocycles. The maximum Gasteiger partial charge on any atom is 0.257 e. The number of rotatable bonds is 7. The van der Waals surface area contributed by atoms with Crippen LogP contribution >= 0.6 is 22.7 Å². The fraction of sp³-hybridized carbons (Fsp3) is 0.105. The minimum Gasteiger partial charge on any atom is -0.493 e. The normalized spacial score (nSPS) is 10.6. The Bertz CT molecular complexity index is 1060. The molecule has 0 radical (unpaired) electrons. The van der Waals surface area contributed by atoms with Gasteiger partial charge in [-0.1, -0.05) is 6.07 Å². The van der Waals surface area contributed by atoms with Gasteiger partial charge >= 0.3 is 0 Å². The number of hydrogen-bond donors (Lipinski definition) is 2. The van der Waals surface area contributed by atoms with E-state index in [0.717, 1.165) is 16.3 Å². The lowest BCUT2D eigenvalue weighted by atomic mass is 10.2. The molecule has 0 aliphatic rings. The lowest BCUT2D eigenvalue weighted by Gasteiger charge is -2.11. The van der Waals surface area contributed by atoms with Gasteiger partial charge in [-0.3, -0.25) is 9.89 Å². The Labute approximate surface area is 169 Å². The van der Waals surface area contributed by atoms with Crippen LogP contribution in [0, 0.1) is 0 Å². The third-order valence-electron chi connectivity index (χ3n) is 3.89. The summed E-state index contributed by atoms with van der Waals surface area (Å²) in [6, 6.07) is 10.8. The van der Waals surface area contributed by atoms with Crippen LogP contribution in [0.5, 0.6) is 11.5 Å². The van der Waals surface area contributed by atoms with E-state index in [9.17, 15) is 4.79 Å². The molecule has 3 heterocycles. The van der Waals surface area contributed by atoms with Crippen molar-refractivity contribution in [1.82, 2.24) is 15.2 Å². The second-order valence-electron chi connectivity index (χ2n) is 5.73. The Morgan fingerprint density at radius 1 is 1.25 bits per heavy atom. The van der Waals surface area contributed by atoms with Crippen LogP contribution in [0.2, 0.25) is 0 Å². The standard InChI is InChI=1S/C19H16N4O3S2/c1-25-16-7-12(4-5-15(16)26-9-13-10-27-11-20-13)19(24)21-18-8-14(22-23-18)17-3-2-6-28-17/h2-8,10-11H,9H2,1H3,(H2,21,22,23,24). The summed E-state index contributed by atoms with van der Waals surface area (Å²) in [5.74, 6) is 1.20. The van der Waals surface area contributed by atoms with Crippen molar-refractivity contribution < 1.29 is 14.3 Å². The molecule has 1 amide bonds. The van der Waals surface area contributed by atoms with Crippen LogP contribution in [0.3, 0.4) is 0 Å². The van der Waals surface area contributed by atoms with Crippen molar-refractivity contribution in [2.75, 3.05) is 12.4 Å². The zero-order valence-corrected chi connectivity index (χ0v) is 16.5. The van der Waals surface area contributed by atoms with Gasteiger partial charge in [-0.15, -0.1) is 22.7 Å². The Balaban J connectivity index is 1.45. The number of hydrogen-bond acceptors (Lipinski definition) is 7. The first kappa shape index (κ1) is 18.2. The minimum atomic E-state index is -0.284. The molecule has 0 aliphatic heterocycles. The summed E-state index contributed by atoms with van der Waals surface area (Å²) >= 11 is 3.11. The zero-order chi connectivity index (χ0) is 19.3. The monoisotopic (exact) mass is 412 g/mol. The number of methoxy groups -OCH3 is 1. The van der Waals surface area contributed by atoms with Gasteiger partial charge in [0, 0.05) is 17.0 Å². The lowest BCUT2D eigenvalue weighted by Crippen LogP contribution is -2.12. The van der Waals surface area contributed by atoms with Crippen LogP contribution in [0.4, 0.5) is 5.82 Å². The smallest absolute Gasteiger partial charge is 0.257 e. The predicted molar refractivity (Wildman–Crippen MR) is 109 cm³/mol. The highest BCUT2D eigenvalue weighted by Gasteiger charge is 2.14. The molecule has 4 rings (SSSR count). The number of thiophene rings is 1. The van der Waals surface area contributed by atoms with E-state index >= 15 is 0 Å². The first-order valence-electron chi connectivity index (χ1n) is 8.31. The summed E-state index contributed by atoms with van der Waals surface area (Å²) in [5.41, 5.74) is 3.89. The number of amides is 1. The minimum absolute atomic E-state index is 0.284. The molecule has 142 valence electrons. The van der Waals surface area contributed by atoms with Crippen molar-refractivity contribution >= 4 is 34.4 Å². The molecule has 0 bridgehead atoms. The maximum absolute atomic E-state index is 12.6. The van der Waals surface area contributed by atoms with Gasteiger partial charge in [0.2, 0.25) is 0 Å². The van der Waals surface area contributed by atoms with E-state index in [1.54, 1.807) is 41.1 Å². The van der Waals surface area contributed by atoms with Crippen LogP contribution in [-0.4, -0.2) is 28.2 Å². The average Bonchev–Trinajstić information content (AvgIpc) is 3.48. The summed E-state index contributed by atoms with van der Waals surface area (Å²) in [7, 11) is 1.54. The van der Waals surface area contributed by atoms with Crippen LogP contribution in [0.15, 0.2) is 52.7 Å². The largest absolute Gasteiger partial charge is 0.493 e. The molecule has 7 nitrogen and oxygen atoms in total. The van der Waals surface area contributed by atoms with E-state index in [0.29, 0.717) is 29.5 Å². The van der Waals surface area contributed by atoms with Crippen molar-refractivity contribution in [3.05, 3.63) is 63.9 Å². The lowest BCUT2D eigenvalue weighted by molar-refractivity contribution is 0.102. The van der Waals surface area contributed by atoms with Crippen molar-refractivity contribution in [2.24, 2.45) is 0 Å². The molecular formula is C19H16N4O3S2. The van der Waals surface area contributed by atoms with Crippen molar-refractivity contribution in [3.8, 4) is 22.1 Å². The molecule has 1 aromatic carbocycles. The number of benzene rings is 1. The molecule has 0 fully saturated rings. The number of ether oxygens (including phenoxy) is 2. The number of aromatic amines is 1. The van der Waals surface area contributed by atoms with E-state index in [2.05, 4.69) is 20.5 Å². The molecule has 0 spiro atoms. The van der Waals surface area contributed by atoms with Gasteiger partial charge in [0.15, 0.2) is 17.3 Å². The number of thiazole rings is 1. The van der Waals surface area contributed by atoms with E-state index in [4.69, 9.17) is 9.47 Å². The fourth-order valence-electron chi connectivity index (χ4n) is 2.52. The summed E-state index contributed by atoms with van der Waals surface area (Å²) < 4.78 is 11.1. The van der Waals surface area contributed by atoms with Gasteiger partial charge in [0.05, 0.1) is 28.9 Å². The molecule has 0 unspecified atom stereocenters. The van der Waals surface area contributed by atoms with Crippen molar-refractivity contribution in [2.45, 2.75) is 6.61 Å². The fourth-order valence-corrected chi connectivity index (χ4v) is 3.76. The van der Waals surface area contributed by atoms with Crippen molar-refractivity contribution in [3.63, 3.8) is 0 Å². The molecule has 4 aromatic rings. The van der Waals surface area contributed by atoms with Gasteiger partial charge in [0.25, 0.3) is 5.91 Å².